The van der Waals surface area contributed by atoms with E-state index in [9.17, 15) is 0 Å². The summed E-state index contributed by atoms with van der Waals surface area (Å²) in [5.41, 5.74) is 2.81. The minimum absolute atomic E-state index is 0.540. The molecule has 0 atom stereocenters. The highest BCUT2D eigenvalue weighted by atomic mass is 35.5. The molecule has 0 aliphatic rings. The Morgan fingerprint density at radius 1 is 1.18 bits per heavy atom. The summed E-state index contributed by atoms with van der Waals surface area (Å²) in [6, 6.07) is 7.31. The van der Waals surface area contributed by atoms with Crippen LogP contribution >= 0.6 is 23.2 Å². The highest BCUT2D eigenvalue weighted by Crippen LogP contribution is 2.24. The predicted octanol–water partition coefficient (Wildman–Crippen LogP) is 3.67. The fourth-order valence-electron chi connectivity index (χ4n) is 1.72. The van der Waals surface area contributed by atoms with Crippen molar-refractivity contribution in [3.63, 3.8) is 0 Å². The standard InChI is InChI=1S/C12H9Cl2N3/c1-7-12(6-15)8(2)17(16-7)11-4-9(13)3-10(14)5-11/h3-5H,1-2H3. The second kappa shape index (κ2) is 4.40. The third kappa shape index (κ3) is 2.14. The molecule has 0 saturated carbocycles. The van der Waals surface area contributed by atoms with Crippen molar-refractivity contribution in [3.05, 3.63) is 45.2 Å². The summed E-state index contributed by atoms with van der Waals surface area (Å²) < 4.78 is 1.67. The van der Waals surface area contributed by atoms with Gasteiger partial charge in [-0.15, -0.1) is 0 Å². The first kappa shape index (κ1) is 12.0. The van der Waals surface area contributed by atoms with Gasteiger partial charge in [0, 0.05) is 10.0 Å². The molecule has 1 aromatic carbocycles. The van der Waals surface area contributed by atoms with Gasteiger partial charge in [-0.25, -0.2) is 4.68 Å². The number of hydrogen-bond donors (Lipinski definition) is 0. The van der Waals surface area contributed by atoms with E-state index in [2.05, 4.69) is 11.2 Å². The quantitative estimate of drug-likeness (QED) is 0.790. The second-order valence-electron chi connectivity index (χ2n) is 3.70. The molecule has 2 aromatic rings. The van der Waals surface area contributed by atoms with Gasteiger partial charge in [0.05, 0.1) is 22.6 Å². The minimum Gasteiger partial charge on any atom is -0.236 e. The maximum absolute atomic E-state index is 9.01. The molecular formula is C12H9Cl2N3. The maximum Gasteiger partial charge on any atom is 0.103 e. The molecular weight excluding hydrogens is 257 g/mol. The number of hydrogen-bond acceptors (Lipinski definition) is 2. The van der Waals surface area contributed by atoms with E-state index in [1.165, 1.54) is 0 Å². The van der Waals surface area contributed by atoms with E-state index in [4.69, 9.17) is 28.5 Å². The molecule has 2 rings (SSSR count). The first-order chi connectivity index (χ1) is 8.02. The Labute approximate surface area is 109 Å². The van der Waals surface area contributed by atoms with Gasteiger partial charge in [-0.1, -0.05) is 23.2 Å². The van der Waals surface area contributed by atoms with E-state index in [0.717, 1.165) is 11.4 Å². The van der Waals surface area contributed by atoms with Gasteiger partial charge in [-0.3, -0.25) is 0 Å². The predicted molar refractivity (Wildman–Crippen MR) is 67.8 cm³/mol. The maximum atomic E-state index is 9.01. The van der Waals surface area contributed by atoms with Crippen molar-refractivity contribution in [2.24, 2.45) is 0 Å². The van der Waals surface area contributed by atoms with E-state index < -0.39 is 0 Å². The highest BCUT2D eigenvalue weighted by Gasteiger charge is 2.12. The molecule has 0 unspecified atom stereocenters. The van der Waals surface area contributed by atoms with Crippen LogP contribution in [0.3, 0.4) is 0 Å². The summed E-state index contributed by atoms with van der Waals surface area (Å²) in [6.45, 7) is 3.64. The summed E-state index contributed by atoms with van der Waals surface area (Å²) >= 11 is 11.9. The third-order valence-corrected chi connectivity index (χ3v) is 2.93. The molecule has 0 radical (unpaired) electrons. The molecule has 0 saturated heterocycles. The number of benzene rings is 1. The van der Waals surface area contributed by atoms with Crippen molar-refractivity contribution < 1.29 is 0 Å². The van der Waals surface area contributed by atoms with Crippen LogP contribution in [0.4, 0.5) is 0 Å². The third-order valence-electron chi connectivity index (χ3n) is 2.50. The van der Waals surface area contributed by atoms with Crippen LogP contribution in [0, 0.1) is 25.2 Å². The number of aromatic nitrogens is 2. The first-order valence-electron chi connectivity index (χ1n) is 4.95. The highest BCUT2D eigenvalue weighted by molar-refractivity contribution is 6.34. The van der Waals surface area contributed by atoms with Gasteiger partial charge in [0.15, 0.2) is 0 Å². The van der Waals surface area contributed by atoms with E-state index in [1.54, 1.807) is 29.8 Å². The summed E-state index contributed by atoms with van der Waals surface area (Å²) in [4.78, 5) is 0. The lowest BCUT2D eigenvalue weighted by Gasteiger charge is -2.05. The van der Waals surface area contributed by atoms with Crippen molar-refractivity contribution >= 4 is 23.2 Å². The lowest BCUT2D eigenvalue weighted by Crippen LogP contribution is -1.99. The minimum atomic E-state index is 0.540. The van der Waals surface area contributed by atoms with Crippen molar-refractivity contribution in [1.29, 1.82) is 5.26 Å². The molecule has 5 heteroatoms. The number of rotatable bonds is 1. The molecule has 0 amide bonds. The van der Waals surface area contributed by atoms with Gasteiger partial charge in [0.1, 0.15) is 6.07 Å². The second-order valence-corrected chi connectivity index (χ2v) is 4.57. The Hall–Kier alpha value is -1.50. The average molecular weight is 266 g/mol. The average Bonchev–Trinajstić information content (AvgIpc) is 2.52. The zero-order chi connectivity index (χ0) is 12.6. The first-order valence-corrected chi connectivity index (χ1v) is 5.71. The van der Waals surface area contributed by atoms with E-state index in [0.29, 0.717) is 21.3 Å². The van der Waals surface area contributed by atoms with Gasteiger partial charge in [-0.2, -0.15) is 10.4 Å². The summed E-state index contributed by atoms with van der Waals surface area (Å²) in [5.74, 6) is 0. The Morgan fingerprint density at radius 3 is 2.24 bits per heavy atom. The van der Waals surface area contributed by atoms with Gasteiger partial charge in [-0.05, 0) is 32.0 Å². The summed E-state index contributed by atoms with van der Waals surface area (Å²) in [7, 11) is 0. The Balaban J connectivity index is 2.65. The Bertz CT molecular complexity index is 603. The zero-order valence-corrected chi connectivity index (χ0v) is 10.8. The topological polar surface area (TPSA) is 41.6 Å². The molecule has 1 aromatic heterocycles. The number of aryl methyl sites for hydroxylation is 1. The lowest BCUT2D eigenvalue weighted by atomic mass is 10.2. The van der Waals surface area contributed by atoms with Crippen molar-refractivity contribution in [2.45, 2.75) is 13.8 Å². The Kier molecular flexibility index (Phi) is 3.10. The van der Waals surface area contributed by atoms with E-state index >= 15 is 0 Å². The van der Waals surface area contributed by atoms with Crippen molar-refractivity contribution in [2.75, 3.05) is 0 Å². The Morgan fingerprint density at radius 2 is 1.76 bits per heavy atom. The normalized spacial score (nSPS) is 10.3. The van der Waals surface area contributed by atoms with Crippen molar-refractivity contribution in [1.82, 2.24) is 9.78 Å². The summed E-state index contributed by atoms with van der Waals surface area (Å²) in [5, 5.41) is 14.4. The smallest absolute Gasteiger partial charge is 0.103 e. The molecule has 0 bridgehead atoms. The molecule has 0 aliphatic heterocycles. The SMILES string of the molecule is Cc1nn(-c2cc(Cl)cc(Cl)c2)c(C)c1C#N. The van der Waals surface area contributed by atoms with Crippen LogP contribution in [-0.2, 0) is 0 Å². The molecule has 0 N–H and O–H groups in total. The molecule has 1 heterocycles. The zero-order valence-electron chi connectivity index (χ0n) is 9.33. The van der Waals surface area contributed by atoms with Crippen LogP contribution in [0.25, 0.3) is 5.69 Å². The molecule has 3 nitrogen and oxygen atoms in total. The largest absolute Gasteiger partial charge is 0.236 e. The van der Waals surface area contributed by atoms with Crippen molar-refractivity contribution in [3.8, 4) is 11.8 Å². The molecule has 86 valence electrons. The van der Waals surface area contributed by atoms with Crippen LogP contribution in [0.2, 0.25) is 10.0 Å². The van der Waals surface area contributed by atoms with Gasteiger partial charge < -0.3 is 0 Å². The molecule has 0 spiro atoms. The van der Waals surface area contributed by atoms with E-state index in [-0.39, 0.29) is 0 Å². The number of halogens is 2. The monoisotopic (exact) mass is 265 g/mol. The van der Waals surface area contributed by atoms with E-state index in [1.807, 2.05) is 6.92 Å². The van der Waals surface area contributed by atoms with Gasteiger partial charge >= 0.3 is 0 Å². The van der Waals surface area contributed by atoms with Crippen LogP contribution in [0.1, 0.15) is 17.0 Å². The molecule has 0 aliphatic carbocycles. The fraction of sp³-hybridized carbons (Fsp3) is 0.167. The van der Waals surface area contributed by atoms with Gasteiger partial charge in [0.2, 0.25) is 0 Å². The summed E-state index contributed by atoms with van der Waals surface area (Å²) in [6.07, 6.45) is 0. The lowest BCUT2D eigenvalue weighted by molar-refractivity contribution is 0.833. The van der Waals surface area contributed by atoms with Crippen LogP contribution in [0.5, 0.6) is 0 Å². The number of nitrogens with zero attached hydrogens (tertiary/aromatic N) is 3. The van der Waals surface area contributed by atoms with Crippen LogP contribution in [0.15, 0.2) is 18.2 Å². The fourth-order valence-corrected chi connectivity index (χ4v) is 2.23. The molecule has 17 heavy (non-hydrogen) atoms. The van der Waals surface area contributed by atoms with Crippen LogP contribution in [-0.4, -0.2) is 9.78 Å². The number of nitriles is 1. The van der Waals surface area contributed by atoms with Gasteiger partial charge in [0.25, 0.3) is 0 Å². The molecule has 0 fully saturated rings. The van der Waals surface area contributed by atoms with Crippen LogP contribution < -0.4 is 0 Å².